The Hall–Kier alpha value is -2.27. The van der Waals surface area contributed by atoms with E-state index in [4.69, 9.17) is 0 Å². The molecule has 1 amide bonds. The molecular formula is C20H21N3O4S3. The van der Waals surface area contributed by atoms with Crippen LogP contribution in [-0.2, 0) is 10.0 Å². The highest BCUT2D eigenvalue weighted by atomic mass is 32.2. The minimum atomic E-state index is -3.83. The van der Waals surface area contributed by atoms with Crippen molar-refractivity contribution in [1.82, 2.24) is 14.2 Å². The van der Waals surface area contributed by atoms with Gasteiger partial charge in [-0.2, -0.15) is 4.31 Å². The highest BCUT2D eigenvalue weighted by molar-refractivity contribution is 7.89. The summed E-state index contributed by atoms with van der Waals surface area (Å²) in [6.07, 6.45) is 0. The summed E-state index contributed by atoms with van der Waals surface area (Å²) in [5, 5.41) is 12.8. The number of piperazine rings is 1. The molecule has 0 unspecified atom stereocenters. The molecule has 30 heavy (non-hydrogen) atoms. The Morgan fingerprint density at radius 1 is 1.13 bits per heavy atom. The zero-order chi connectivity index (χ0) is 21.5. The largest absolute Gasteiger partial charge is 0.507 e. The number of hydrogen-bond acceptors (Lipinski definition) is 7. The van der Waals surface area contributed by atoms with Gasteiger partial charge in [-0.1, -0.05) is 12.1 Å². The van der Waals surface area contributed by atoms with Crippen LogP contribution in [0.4, 0.5) is 0 Å². The predicted molar refractivity (Wildman–Crippen MR) is 118 cm³/mol. The minimum Gasteiger partial charge on any atom is -0.507 e. The number of phenols is 1. The highest BCUT2D eigenvalue weighted by Crippen LogP contribution is 2.32. The van der Waals surface area contributed by atoms with Crippen molar-refractivity contribution in [2.75, 3.05) is 26.2 Å². The molecule has 158 valence electrons. The molecule has 0 aliphatic carbocycles. The number of benzene rings is 1. The van der Waals surface area contributed by atoms with Gasteiger partial charge in [0.1, 0.15) is 20.5 Å². The monoisotopic (exact) mass is 463 g/mol. The molecule has 0 atom stereocenters. The third kappa shape index (κ3) is 3.87. The molecule has 2 aromatic heterocycles. The SMILES string of the molecule is Cc1ccc(O)c(S(=O)(=O)N2CCN(C(=O)c3sc(-c4cccs4)nc3C)CC2)c1. The zero-order valence-corrected chi connectivity index (χ0v) is 19.0. The van der Waals surface area contributed by atoms with Gasteiger partial charge < -0.3 is 10.0 Å². The zero-order valence-electron chi connectivity index (χ0n) is 16.5. The summed E-state index contributed by atoms with van der Waals surface area (Å²) in [6, 6.07) is 8.44. The summed E-state index contributed by atoms with van der Waals surface area (Å²) in [7, 11) is -3.83. The van der Waals surface area contributed by atoms with Gasteiger partial charge in [0.25, 0.3) is 5.91 Å². The van der Waals surface area contributed by atoms with Gasteiger partial charge in [-0.3, -0.25) is 4.79 Å². The van der Waals surface area contributed by atoms with Crippen LogP contribution in [-0.4, -0.2) is 59.8 Å². The third-order valence-electron chi connectivity index (χ3n) is 4.98. The number of carbonyl (C=O) groups is 1. The number of phenolic OH excluding ortho intramolecular Hbond substituents is 1. The lowest BCUT2D eigenvalue weighted by molar-refractivity contribution is 0.0701. The first-order chi connectivity index (χ1) is 14.3. The standard InChI is InChI=1S/C20H21N3O4S3/c1-13-5-6-15(24)17(12-13)30(26,27)23-9-7-22(8-10-23)20(25)18-14(2)21-19(29-18)16-4-3-11-28-16/h3-6,11-12,24H,7-10H2,1-2H3. The summed E-state index contributed by atoms with van der Waals surface area (Å²) in [5.41, 5.74) is 1.44. The van der Waals surface area contributed by atoms with Crippen LogP contribution < -0.4 is 0 Å². The Labute approximate surface area is 183 Å². The number of amides is 1. The molecule has 0 saturated carbocycles. The number of rotatable bonds is 4. The Bertz CT molecular complexity index is 1180. The van der Waals surface area contributed by atoms with Gasteiger partial charge in [0.05, 0.1) is 10.6 Å². The van der Waals surface area contributed by atoms with Crippen molar-refractivity contribution in [1.29, 1.82) is 0 Å². The van der Waals surface area contributed by atoms with E-state index in [2.05, 4.69) is 4.98 Å². The number of thiophene rings is 1. The average Bonchev–Trinajstić information content (AvgIpc) is 3.39. The number of aromatic hydroxyl groups is 1. The smallest absolute Gasteiger partial charge is 0.265 e. The molecule has 3 aromatic rings. The molecule has 0 radical (unpaired) electrons. The highest BCUT2D eigenvalue weighted by Gasteiger charge is 2.33. The molecule has 1 fully saturated rings. The second kappa shape index (κ2) is 8.10. The van der Waals surface area contributed by atoms with Crippen molar-refractivity contribution in [3.05, 3.63) is 51.8 Å². The van der Waals surface area contributed by atoms with E-state index in [-0.39, 0.29) is 42.7 Å². The molecule has 1 N–H and O–H groups in total. The van der Waals surface area contributed by atoms with Crippen molar-refractivity contribution >= 4 is 38.6 Å². The Kier molecular flexibility index (Phi) is 5.67. The second-order valence-corrected chi connectivity index (χ2v) is 10.9. The second-order valence-electron chi connectivity index (χ2n) is 7.08. The van der Waals surface area contributed by atoms with Crippen LogP contribution in [0, 0.1) is 13.8 Å². The van der Waals surface area contributed by atoms with E-state index in [9.17, 15) is 18.3 Å². The van der Waals surface area contributed by atoms with Crippen LogP contribution >= 0.6 is 22.7 Å². The van der Waals surface area contributed by atoms with Gasteiger partial charge >= 0.3 is 0 Å². The van der Waals surface area contributed by atoms with Crippen LogP contribution in [0.2, 0.25) is 0 Å². The van der Waals surface area contributed by atoms with Crippen LogP contribution in [0.25, 0.3) is 9.88 Å². The summed E-state index contributed by atoms with van der Waals surface area (Å²) in [6.45, 7) is 4.53. The molecule has 1 aromatic carbocycles. The molecule has 1 aliphatic rings. The number of aromatic nitrogens is 1. The van der Waals surface area contributed by atoms with Crippen LogP contribution in [0.15, 0.2) is 40.6 Å². The van der Waals surface area contributed by atoms with E-state index in [1.807, 2.05) is 24.4 Å². The lowest BCUT2D eigenvalue weighted by atomic mass is 10.2. The predicted octanol–water partition coefficient (Wildman–Crippen LogP) is 3.34. The Morgan fingerprint density at radius 3 is 2.53 bits per heavy atom. The van der Waals surface area contributed by atoms with E-state index in [1.165, 1.54) is 27.8 Å². The summed E-state index contributed by atoms with van der Waals surface area (Å²) < 4.78 is 27.2. The number of carbonyl (C=O) groups excluding carboxylic acids is 1. The number of sulfonamides is 1. The molecule has 0 bridgehead atoms. The van der Waals surface area contributed by atoms with Crippen molar-refractivity contribution in [2.24, 2.45) is 0 Å². The number of thiazole rings is 1. The summed E-state index contributed by atoms with van der Waals surface area (Å²) in [4.78, 5) is 20.7. The molecule has 1 aliphatic heterocycles. The molecule has 4 rings (SSSR count). The summed E-state index contributed by atoms with van der Waals surface area (Å²) in [5.74, 6) is -0.385. The van der Waals surface area contributed by atoms with E-state index >= 15 is 0 Å². The minimum absolute atomic E-state index is 0.0961. The average molecular weight is 464 g/mol. The fraction of sp³-hybridized carbons (Fsp3) is 0.300. The first-order valence-electron chi connectivity index (χ1n) is 9.37. The maximum atomic E-state index is 13.0. The maximum absolute atomic E-state index is 13.0. The van der Waals surface area contributed by atoms with Gasteiger partial charge in [0.15, 0.2) is 0 Å². The molecule has 7 nitrogen and oxygen atoms in total. The first kappa shape index (κ1) is 21.0. The van der Waals surface area contributed by atoms with E-state index < -0.39 is 10.0 Å². The molecule has 3 heterocycles. The fourth-order valence-electron chi connectivity index (χ4n) is 3.34. The summed E-state index contributed by atoms with van der Waals surface area (Å²) >= 11 is 2.95. The van der Waals surface area contributed by atoms with Gasteiger partial charge in [-0.15, -0.1) is 22.7 Å². The van der Waals surface area contributed by atoms with Crippen LogP contribution in [0.3, 0.4) is 0 Å². The molecular weight excluding hydrogens is 442 g/mol. The lowest BCUT2D eigenvalue weighted by Crippen LogP contribution is -2.50. The van der Waals surface area contributed by atoms with Gasteiger partial charge in [-0.25, -0.2) is 13.4 Å². The lowest BCUT2D eigenvalue weighted by Gasteiger charge is -2.34. The van der Waals surface area contributed by atoms with Gasteiger partial charge in [0.2, 0.25) is 10.0 Å². The number of aryl methyl sites for hydroxylation is 2. The molecule has 1 saturated heterocycles. The normalized spacial score (nSPS) is 15.5. The van der Waals surface area contributed by atoms with Gasteiger partial charge in [-0.05, 0) is 43.0 Å². The Balaban J connectivity index is 1.48. The first-order valence-corrected chi connectivity index (χ1v) is 12.5. The van der Waals surface area contributed by atoms with Crippen molar-refractivity contribution in [2.45, 2.75) is 18.7 Å². The fourth-order valence-corrected chi connectivity index (χ4v) is 6.76. The quantitative estimate of drug-likeness (QED) is 0.641. The van der Waals surface area contributed by atoms with Crippen molar-refractivity contribution < 1.29 is 18.3 Å². The Morgan fingerprint density at radius 2 is 1.87 bits per heavy atom. The molecule has 0 spiro atoms. The van der Waals surface area contributed by atoms with Crippen molar-refractivity contribution in [3.8, 4) is 15.6 Å². The topological polar surface area (TPSA) is 90.8 Å². The van der Waals surface area contributed by atoms with E-state index in [0.29, 0.717) is 10.6 Å². The molecule has 10 heteroatoms. The van der Waals surface area contributed by atoms with Crippen molar-refractivity contribution in [3.63, 3.8) is 0 Å². The van der Waals surface area contributed by atoms with Crippen LogP contribution in [0.5, 0.6) is 5.75 Å². The maximum Gasteiger partial charge on any atom is 0.265 e. The van der Waals surface area contributed by atoms with E-state index in [0.717, 1.165) is 15.4 Å². The van der Waals surface area contributed by atoms with Gasteiger partial charge in [0, 0.05) is 26.2 Å². The third-order valence-corrected chi connectivity index (χ3v) is 9.09. The van der Waals surface area contributed by atoms with E-state index in [1.54, 1.807) is 29.2 Å². The van der Waals surface area contributed by atoms with Crippen LogP contribution in [0.1, 0.15) is 20.9 Å². The number of nitrogens with zero attached hydrogens (tertiary/aromatic N) is 3. The number of hydrogen-bond donors (Lipinski definition) is 1.